The molecule has 0 spiro atoms. The third-order valence-electron chi connectivity index (χ3n) is 6.13. The van der Waals surface area contributed by atoms with Gasteiger partial charge in [-0.15, -0.1) is 0 Å². The highest BCUT2D eigenvalue weighted by Gasteiger charge is 2.32. The fourth-order valence-electron chi connectivity index (χ4n) is 4.32. The third kappa shape index (κ3) is 4.78. The Hall–Kier alpha value is -3.20. The molecule has 0 bridgehead atoms. The molecule has 1 aliphatic carbocycles. The van der Waals surface area contributed by atoms with Crippen LogP contribution in [0.4, 0.5) is 22.0 Å². The van der Waals surface area contributed by atoms with Crippen molar-refractivity contribution in [2.45, 2.75) is 31.7 Å². The second kappa shape index (κ2) is 8.97. The van der Waals surface area contributed by atoms with Crippen LogP contribution < -0.4 is 15.5 Å². The monoisotopic (exact) mass is 509 g/mol. The molecule has 1 saturated carbocycles. The summed E-state index contributed by atoms with van der Waals surface area (Å²) in [6, 6.07) is 9.59. The number of hydrogen-bond donors (Lipinski definition) is 3. The van der Waals surface area contributed by atoms with Crippen LogP contribution in [0, 0.1) is 5.92 Å². The number of hydrogen-bond acceptors (Lipinski definition) is 6. The van der Waals surface area contributed by atoms with E-state index in [-0.39, 0.29) is 17.7 Å². The molecule has 1 aromatic carbocycles. The van der Waals surface area contributed by atoms with Gasteiger partial charge in [0, 0.05) is 41.1 Å². The van der Waals surface area contributed by atoms with Crippen LogP contribution in [0.3, 0.4) is 0 Å². The molecule has 1 aliphatic heterocycles. The lowest BCUT2D eigenvalue weighted by molar-refractivity contribution is 0.0968. The number of Topliss-reactive ketones (excluding diaryl/α,β-unsaturated/α-hetero) is 1. The van der Waals surface area contributed by atoms with Crippen LogP contribution >= 0.6 is 15.9 Å². The Morgan fingerprint density at radius 3 is 2.67 bits per heavy atom. The molecule has 1 atom stereocenters. The minimum Gasteiger partial charge on any atom is -0.465 e. The minimum atomic E-state index is -0.998. The number of nitrogens with one attached hydrogen (secondary N) is 2. The van der Waals surface area contributed by atoms with Crippen molar-refractivity contribution in [3.05, 3.63) is 52.8 Å². The predicted octanol–water partition coefficient (Wildman–Crippen LogP) is 4.97. The van der Waals surface area contributed by atoms with Gasteiger partial charge < -0.3 is 20.6 Å². The molecule has 170 valence electrons. The number of carboxylic acid groups (broad SMARTS) is 1. The molecule has 2 fully saturated rings. The summed E-state index contributed by atoms with van der Waals surface area (Å²) >= 11 is 3.53. The van der Waals surface area contributed by atoms with Gasteiger partial charge in [0.2, 0.25) is 0 Å². The number of anilines is 3. The van der Waals surface area contributed by atoms with Gasteiger partial charge in [-0.1, -0.05) is 15.9 Å². The van der Waals surface area contributed by atoms with Crippen LogP contribution in [0.15, 0.2) is 47.2 Å². The smallest absolute Gasteiger partial charge is 0.404 e. The maximum Gasteiger partial charge on any atom is 0.404 e. The van der Waals surface area contributed by atoms with Gasteiger partial charge in [-0.05, 0) is 56.0 Å². The molecule has 5 rings (SSSR count). The number of piperidine rings is 1. The Morgan fingerprint density at radius 2 is 1.94 bits per heavy atom. The molecule has 0 radical (unpaired) electrons. The van der Waals surface area contributed by atoms with Gasteiger partial charge in [-0.2, -0.15) is 0 Å². The number of rotatable bonds is 6. The van der Waals surface area contributed by atoms with Gasteiger partial charge in [0.25, 0.3) is 0 Å². The average Bonchev–Trinajstić information content (AvgIpc) is 3.65. The number of halogens is 1. The number of carbonyl (C=O) groups is 2. The standard InChI is InChI=1S/C24H24BrN5O3/c25-15-5-7-20-18(10-15)22(19(12-26-20)23(31)14-3-4-14)28-16-6-8-21(27-11-16)30-9-1-2-17(13-30)29-24(32)33/h5-8,10-12,14,17,29H,1-4,9,13H2,(H,26,28)(H,32,33). The molecular weight excluding hydrogens is 486 g/mol. The molecule has 8 nitrogen and oxygen atoms in total. The number of nitrogens with zero attached hydrogens (tertiary/aromatic N) is 3. The Morgan fingerprint density at radius 1 is 1.09 bits per heavy atom. The van der Waals surface area contributed by atoms with E-state index in [1.165, 1.54) is 0 Å². The van der Waals surface area contributed by atoms with E-state index in [1.54, 1.807) is 12.4 Å². The molecule has 33 heavy (non-hydrogen) atoms. The van der Waals surface area contributed by atoms with E-state index in [9.17, 15) is 9.59 Å². The topological polar surface area (TPSA) is 107 Å². The maximum atomic E-state index is 13.0. The summed E-state index contributed by atoms with van der Waals surface area (Å²) in [5, 5.41) is 15.9. The highest BCUT2D eigenvalue weighted by atomic mass is 79.9. The fourth-order valence-corrected chi connectivity index (χ4v) is 4.68. The molecule has 3 heterocycles. The quantitative estimate of drug-likeness (QED) is 0.402. The molecule has 1 saturated heterocycles. The molecule has 2 aliphatic rings. The largest absolute Gasteiger partial charge is 0.465 e. The summed E-state index contributed by atoms with van der Waals surface area (Å²) in [5.74, 6) is 1.01. The summed E-state index contributed by atoms with van der Waals surface area (Å²) in [7, 11) is 0. The van der Waals surface area contributed by atoms with Gasteiger partial charge >= 0.3 is 6.09 Å². The second-order valence-electron chi connectivity index (χ2n) is 8.61. The van der Waals surface area contributed by atoms with Crippen molar-refractivity contribution in [2.75, 3.05) is 23.3 Å². The van der Waals surface area contributed by atoms with Crippen LogP contribution in [-0.4, -0.2) is 46.1 Å². The zero-order valence-electron chi connectivity index (χ0n) is 17.9. The van der Waals surface area contributed by atoms with E-state index < -0.39 is 6.09 Å². The van der Waals surface area contributed by atoms with Gasteiger partial charge in [-0.3, -0.25) is 9.78 Å². The molecule has 9 heteroatoms. The van der Waals surface area contributed by atoms with Gasteiger partial charge in [0.1, 0.15) is 5.82 Å². The van der Waals surface area contributed by atoms with Crippen molar-refractivity contribution in [1.82, 2.24) is 15.3 Å². The summed E-state index contributed by atoms with van der Waals surface area (Å²) in [4.78, 5) is 35.1. The Kier molecular flexibility index (Phi) is 5.88. The van der Waals surface area contributed by atoms with Crippen molar-refractivity contribution in [3.63, 3.8) is 0 Å². The number of amides is 1. The van der Waals surface area contributed by atoms with Crippen LogP contribution in [0.5, 0.6) is 0 Å². The van der Waals surface area contributed by atoms with Gasteiger partial charge in [0.05, 0.1) is 28.7 Å². The summed E-state index contributed by atoms with van der Waals surface area (Å²) < 4.78 is 0.916. The number of carbonyl (C=O) groups excluding carboxylic acids is 1. The van der Waals surface area contributed by atoms with Crippen molar-refractivity contribution >= 4 is 55.9 Å². The Bertz CT molecular complexity index is 1210. The molecule has 1 amide bonds. The summed E-state index contributed by atoms with van der Waals surface area (Å²) in [6.07, 6.45) is 6.00. The van der Waals surface area contributed by atoms with Gasteiger partial charge in [-0.25, -0.2) is 9.78 Å². The first-order valence-electron chi connectivity index (χ1n) is 11.1. The first-order chi connectivity index (χ1) is 16.0. The highest BCUT2D eigenvalue weighted by Crippen LogP contribution is 2.38. The molecule has 3 aromatic rings. The summed E-state index contributed by atoms with van der Waals surface area (Å²) in [6.45, 7) is 1.43. The van der Waals surface area contributed by atoms with E-state index in [0.717, 1.165) is 64.8 Å². The third-order valence-corrected chi connectivity index (χ3v) is 6.63. The molecule has 1 unspecified atom stereocenters. The number of fused-ring (bicyclic) bond motifs is 1. The maximum absolute atomic E-state index is 13.0. The van der Waals surface area contributed by atoms with Crippen molar-refractivity contribution in [1.29, 1.82) is 0 Å². The fraction of sp³-hybridized carbons (Fsp3) is 0.333. The number of aromatic nitrogens is 2. The highest BCUT2D eigenvalue weighted by molar-refractivity contribution is 9.10. The van der Waals surface area contributed by atoms with Crippen molar-refractivity contribution in [2.24, 2.45) is 5.92 Å². The minimum absolute atomic E-state index is 0.0870. The van der Waals surface area contributed by atoms with Crippen LogP contribution in [0.25, 0.3) is 10.9 Å². The van der Waals surface area contributed by atoms with E-state index in [4.69, 9.17) is 5.11 Å². The number of pyridine rings is 2. The molecular formula is C24H24BrN5O3. The first kappa shape index (κ1) is 21.6. The molecule has 2 aromatic heterocycles. The lowest BCUT2D eigenvalue weighted by Crippen LogP contribution is -2.47. The van der Waals surface area contributed by atoms with E-state index in [0.29, 0.717) is 12.1 Å². The van der Waals surface area contributed by atoms with Crippen molar-refractivity contribution in [3.8, 4) is 0 Å². The van der Waals surface area contributed by atoms with Gasteiger partial charge in [0.15, 0.2) is 5.78 Å². The van der Waals surface area contributed by atoms with Crippen LogP contribution in [0.2, 0.25) is 0 Å². The normalized spacial score (nSPS) is 18.2. The van der Waals surface area contributed by atoms with Crippen LogP contribution in [0.1, 0.15) is 36.0 Å². The van der Waals surface area contributed by atoms with Crippen LogP contribution in [-0.2, 0) is 0 Å². The SMILES string of the molecule is O=C(O)NC1CCCN(c2ccc(Nc3c(C(=O)C4CC4)cnc4ccc(Br)cc34)cn2)C1. The average molecular weight is 510 g/mol. The van der Waals surface area contributed by atoms with E-state index in [1.807, 2.05) is 30.3 Å². The second-order valence-corrected chi connectivity index (χ2v) is 9.53. The molecule has 3 N–H and O–H groups in total. The Labute approximate surface area is 199 Å². The lowest BCUT2D eigenvalue weighted by atomic mass is 10.0. The van der Waals surface area contributed by atoms with E-state index >= 15 is 0 Å². The number of ketones is 1. The van der Waals surface area contributed by atoms with E-state index in [2.05, 4.69) is 41.4 Å². The first-order valence-corrected chi connectivity index (χ1v) is 11.9. The number of benzene rings is 1. The zero-order valence-corrected chi connectivity index (χ0v) is 19.5. The lowest BCUT2D eigenvalue weighted by Gasteiger charge is -2.33. The zero-order chi connectivity index (χ0) is 22.9. The van der Waals surface area contributed by atoms with Crippen molar-refractivity contribution < 1.29 is 14.7 Å². The Balaban J connectivity index is 1.41. The summed E-state index contributed by atoms with van der Waals surface area (Å²) in [5.41, 5.74) is 2.93. The predicted molar refractivity (Wildman–Crippen MR) is 130 cm³/mol.